The Balaban J connectivity index is 1.89. The van der Waals surface area contributed by atoms with Crippen molar-refractivity contribution in [2.45, 2.75) is 6.54 Å². The highest BCUT2D eigenvalue weighted by Gasteiger charge is 2.20. The number of fused-ring (bicyclic) bond motifs is 1. The van der Waals surface area contributed by atoms with Crippen LogP contribution in [0.25, 0.3) is 10.9 Å². The lowest BCUT2D eigenvalue weighted by atomic mass is 10.2. The Labute approximate surface area is 149 Å². The van der Waals surface area contributed by atoms with E-state index in [1.54, 1.807) is 37.3 Å². The van der Waals surface area contributed by atoms with E-state index >= 15 is 0 Å². The van der Waals surface area contributed by atoms with Gasteiger partial charge in [-0.1, -0.05) is 41.4 Å². The second-order valence-electron chi connectivity index (χ2n) is 5.48. The molecule has 2 aromatic carbocycles. The molecule has 1 amide bonds. The van der Waals surface area contributed by atoms with E-state index in [0.29, 0.717) is 28.0 Å². The lowest BCUT2D eigenvalue weighted by molar-refractivity contribution is 0.0779. The molecule has 3 rings (SSSR count). The van der Waals surface area contributed by atoms with Gasteiger partial charge in [-0.15, -0.1) is 0 Å². The van der Waals surface area contributed by atoms with Gasteiger partial charge in [-0.05, 0) is 24.3 Å². The highest BCUT2D eigenvalue weighted by Crippen LogP contribution is 2.29. The third kappa shape index (κ3) is 3.07. The van der Waals surface area contributed by atoms with Crippen molar-refractivity contribution in [1.82, 2.24) is 9.88 Å². The number of halogens is 2. The normalized spacial score (nSPS) is 10.8. The van der Waals surface area contributed by atoms with Crippen molar-refractivity contribution >= 4 is 40.0 Å². The molecule has 0 aliphatic carbocycles. The van der Waals surface area contributed by atoms with Crippen molar-refractivity contribution in [2.24, 2.45) is 0 Å². The Morgan fingerprint density at radius 2 is 1.96 bits per heavy atom. The number of H-pyrrole nitrogens is 1. The highest BCUT2D eigenvalue weighted by atomic mass is 35.5. The molecule has 1 aromatic heterocycles. The molecule has 124 valence electrons. The fourth-order valence-electron chi connectivity index (χ4n) is 2.64. The van der Waals surface area contributed by atoms with Gasteiger partial charge in [-0.25, -0.2) is 0 Å². The molecule has 0 aliphatic rings. The van der Waals surface area contributed by atoms with Crippen LogP contribution in [-0.2, 0) is 6.54 Å². The van der Waals surface area contributed by atoms with Crippen LogP contribution >= 0.6 is 23.2 Å². The molecule has 3 aromatic rings. The Morgan fingerprint density at radius 1 is 1.21 bits per heavy atom. The molecule has 4 nitrogen and oxygen atoms in total. The van der Waals surface area contributed by atoms with Gasteiger partial charge in [0.1, 0.15) is 11.4 Å². The molecular weight excluding hydrogens is 347 g/mol. The lowest BCUT2D eigenvalue weighted by Gasteiger charge is -2.18. The number of rotatable bonds is 4. The summed E-state index contributed by atoms with van der Waals surface area (Å²) in [5.41, 5.74) is 2.04. The molecule has 0 spiro atoms. The number of para-hydroxylation sites is 1. The second kappa shape index (κ2) is 6.75. The Kier molecular flexibility index (Phi) is 4.69. The number of amides is 1. The van der Waals surface area contributed by atoms with E-state index in [-0.39, 0.29) is 5.91 Å². The van der Waals surface area contributed by atoms with Crippen molar-refractivity contribution in [3.8, 4) is 5.75 Å². The summed E-state index contributed by atoms with van der Waals surface area (Å²) in [7, 11) is 3.30. The first-order valence-corrected chi connectivity index (χ1v) is 8.11. The van der Waals surface area contributed by atoms with Gasteiger partial charge in [0.05, 0.1) is 12.1 Å². The summed E-state index contributed by atoms with van der Waals surface area (Å²) in [6.07, 6.45) is 0. The summed E-state index contributed by atoms with van der Waals surface area (Å²) >= 11 is 12.4. The molecule has 1 N–H and O–H groups in total. The zero-order chi connectivity index (χ0) is 17.3. The van der Waals surface area contributed by atoms with E-state index < -0.39 is 0 Å². The zero-order valence-electron chi connectivity index (χ0n) is 13.3. The first-order valence-electron chi connectivity index (χ1n) is 7.35. The van der Waals surface area contributed by atoms with Gasteiger partial charge in [-0.3, -0.25) is 4.79 Å². The van der Waals surface area contributed by atoms with Gasteiger partial charge in [0.15, 0.2) is 0 Å². The Bertz CT molecular complexity index is 905. The minimum atomic E-state index is -0.196. The van der Waals surface area contributed by atoms with E-state index in [4.69, 9.17) is 27.9 Å². The van der Waals surface area contributed by atoms with Gasteiger partial charge in [0, 0.05) is 35.1 Å². The molecule has 0 saturated heterocycles. The second-order valence-corrected chi connectivity index (χ2v) is 6.29. The minimum absolute atomic E-state index is 0.196. The maximum absolute atomic E-state index is 12.8. The number of benzene rings is 2. The van der Waals surface area contributed by atoms with E-state index in [1.165, 1.54) is 0 Å². The number of carbonyl (C=O) groups is 1. The van der Waals surface area contributed by atoms with Crippen LogP contribution in [0.5, 0.6) is 5.75 Å². The number of ether oxygens (including phenoxy) is 1. The molecule has 0 unspecified atom stereocenters. The molecule has 6 heteroatoms. The van der Waals surface area contributed by atoms with Crippen molar-refractivity contribution in [1.29, 1.82) is 0 Å². The molecule has 1 heterocycles. The van der Waals surface area contributed by atoms with E-state index in [0.717, 1.165) is 16.5 Å². The Hall–Kier alpha value is -2.17. The van der Waals surface area contributed by atoms with E-state index in [9.17, 15) is 4.79 Å². The third-order valence-corrected chi connectivity index (χ3v) is 4.48. The summed E-state index contributed by atoms with van der Waals surface area (Å²) in [5, 5.41) is 1.85. The SMILES string of the molecule is COc1ccc(Cl)cc1CN(C)C(=O)c1[nH]c2ccccc2c1Cl. The van der Waals surface area contributed by atoms with Gasteiger partial charge >= 0.3 is 0 Å². The molecule has 0 aliphatic heterocycles. The number of hydrogen-bond acceptors (Lipinski definition) is 2. The number of aromatic nitrogens is 1. The number of aromatic amines is 1. The molecule has 0 saturated carbocycles. The highest BCUT2D eigenvalue weighted by molar-refractivity contribution is 6.38. The summed E-state index contributed by atoms with van der Waals surface area (Å²) in [4.78, 5) is 17.4. The van der Waals surface area contributed by atoms with Crippen LogP contribution in [0, 0.1) is 0 Å². The van der Waals surface area contributed by atoms with Crippen LogP contribution in [0.2, 0.25) is 10.0 Å². The van der Waals surface area contributed by atoms with Crippen LogP contribution in [0.1, 0.15) is 16.1 Å². The fourth-order valence-corrected chi connectivity index (χ4v) is 3.13. The van der Waals surface area contributed by atoms with Crippen molar-refractivity contribution < 1.29 is 9.53 Å². The summed E-state index contributed by atoms with van der Waals surface area (Å²) in [6, 6.07) is 12.9. The molecule has 0 atom stereocenters. The fraction of sp³-hybridized carbons (Fsp3) is 0.167. The number of nitrogens with one attached hydrogen (secondary N) is 1. The topological polar surface area (TPSA) is 45.3 Å². The van der Waals surface area contributed by atoms with Crippen LogP contribution in [0.3, 0.4) is 0 Å². The maximum atomic E-state index is 12.8. The average Bonchev–Trinajstić information content (AvgIpc) is 2.91. The van der Waals surface area contributed by atoms with Gasteiger partial charge < -0.3 is 14.6 Å². The predicted octanol–water partition coefficient (Wildman–Crippen LogP) is 4.76. The quantitative estimate of drug-likeness (QED) is 0.727. The first kappa shape index (κ1) is 16.7. The van der Waals surface area contributed by atoms with Crippen LogP contribution in [0.4, 0.5) is 0 Å². The van der Waals surface area contributed by atoms with Gasteiger partial charge in [-0.2, -0.15) is 0 Å². The lowest BCUT2D eigenvalue weighted by Crippen LogP contribution is -2.27. The monoisotopic (exact) mass is 362 g/mol. The molecule has 0 fully saturated rings. The molecule has 0 radical (unpaired) electrons. The molecular formula is C18H16Cl2N2O2. The van der Waals surface area contributed by atoms with E-state index in [1.807, 2.05) is 24.3 Å². The summed E-state index contributed by atoms with van der Waals surface area (Å²) in [5.74, 6) is 0.486. The number of methoxy groups -OCH3 is 1. The van der Waals surface area contributed by atoms with Crippen LogP contribution in [0.15, 0.2) is 42.5 Å². The Morgan fingerprint density at radius 3 is 2.67 bits per heavy atom. The van der Waals surface area contributed by atoms with Crippen LogP contribution in [-0.4, -0.2) is 29.9 Å². The van der Waals surface area contributed by atoms with Crippen molar-refractivity contribution in [3.05, 3.63) is 63.8 Å². The first-order chi connectivity index (χ1) is 11.5. The minimum Gasteiger partial charge on any atom is -0.496 e. The van der Waals surface area contributed by atoms with Crippen molar-refractivity contribution in [3.63, 3.8) is 0 Å². The zero-order valence-corrected chi connectivity index (χ0v) is 14.8. The number of nitrogens with zero attached hydrogens (tertiary/aromatic N) is 1. The average molecular weight is 363 g/mol. The van der Waals surface area contributed by atoms with Crippen LogP contribution < -0.4 is 4.74 Å². The predicted molar refractivity (Wildman–Crippen MR) is 97.1 cm³/mol. The summed E-state index contributed by atoms with van der Waals surface area (Å²) in [6.45, 7) is 0.355. The third-order valence-electron chi connectivity index (χ3n) is 3.85. The van der Waals surface area contributed by atoms with Gasteiger partial charge in [0.2, 0.25) is 0 Å². The largest absolute Gasteiger partial charge is 0.496 e. The van der Waals surface area contributed by atoms with Crippen molar-refractivity contribution in [2.75, 3.05) is 14.2 Å². The molecule has 24 heavy (non-hydrogen) atoms. The maximum Gasteiger partial charge on any atom is 0.271 e. The number of carbonyl (C=O) groups excluding carboxylic acids is 1. The number of hydrogen-bond donors (Lipinski definition) is 1. The molecule has 0 bridgehead atoms. The van der Waals surface area contributed by atoms with E-state index in [2.05, 4.69) is 4.98 Å². The standard InChI is InChI=1S/C18H16Cl2N2O2/c1-22(10-11-9-12(19)7-8-15(11)24-2)18(23)17-16(20)13-5-3-4-6-14(13)21-17/h3-9,21H,10H2,1-2H3. The summed E-state index contributed by atoms with van der Waals surface area (Å²) < 4.78 is 5.33. The van der Waals surface area contributed by atoms with Gasteiger partial charge in [0.25, 0.3) is 5.91 Å². The smallest absolute Gasteiger partial charge is 0.271 e.